The molecular weight excluding hydrogens is 505 g/mol. The number of methoxy groups -OCH3 is 1. The summed E-state index contributed by atoms with van der Waals surface area (Å²) in [5.74, 6) is -2.98. The SMILES string of the molecule is COc1ccc2ncc(CF)c(C(F)CCC3(CO)CCN(CCNC4=CC(F)(F)C(F)C=C4)CC3)c2c1. The van der Waals surface area contributed by atoms with Gasteiger partial charge in [-0.1, -0.05) is 0 Å². The molecular formula is C28H34F5N3O2. The molecule has 0 bridgehead atoms. The fraction of sp³-hybridized carbons (Fsp3) is 0.536. The minimum absolute atomic E-state index is 0.0795. The van der Waals surface area contributed by atoms with Crippen LogP contribution in [0.4, 0.5) is 22.0 Å². The molecule has 1 aromatic heterocycles. The number of nitrogens with one attached hydrogen (secondary N) is 1. The lowest BCUT2D eigenvalue weighted by Gasteiger charge is -2.41. The molecule has 2 unspecified atom stereocenters. The summed E-state index contributed by atoms with van der Waals surface area (Å²) >= 11 is 0. The number of halogens is 5. The largest absolute Gasteiger partial charge is 0.497 e. The summed E-state index contributed by atoms with van der Waals surface area (Å²) in [5.41, 5.74) is 0.794. The summed E-state index contributed by atoms with van der Waals surface area (Å²) in [7, 11) is 1.51. The van der Waals surface area contributed by atoms with Crippen LogP contribution in [0.5, 0.6) is 5.75 Å². The number of ether oxygens (including phenoxy) is 1. The van der Waals surface area contributed by atoms with Gasteiger partial charge in [-0.25, -0.2) is 13.2 Å². The van der Waals surface area contributed by atoms with E-state index in [4.69, 9.17) is 4.74 Å². The zero-order valence-electron chi connectivity index (χ0n) is 21.4. The molecule has 1 aromatic carbocycles. The summed E-state index contributed by atoms with van der Waals surface area (Å²) in [6, 6.07) is 5.12. The van der Waals surface area contributed by atoms with Crippen molar-refractivity contribution in [2.24, 2.45) is 5.41 Å². The van der Waals surface area contributed by atoms with Gasteiger partial charge in [0.15, 0.2) is 6.17 Å². The number of nitrogens with zero attached hydrogens (tertiary/aromatic N) is 2. The average Bonchev–Trinajstić information content (AvgIpc) is 2.93. The van der Waals surface area contributed by atoms with Crippen LogP contribution in [-0.2, 0) is 6.67 Å². The van der Waals surface area contributed by atoms with Gasteiger partial charge in [0.05, 0.1) is 12.6 Å². The number of fused-ring (bicyclic) bond motifs is 1. The first-order chi connectivity index (χ1) is 18.2. The Labute approximate surface area is 219 Å². The number of aromatic nitrogens is 1. The van der Waals surface area contributed by atoms with Crippen molar-refractivity contribution >= 4 is 10.9 Å². The van der Waals surface area contributed by atoms with Crippen molar-refractivity contribution in [1.29, 1.82) is 0 Å². The van der Waals surface area contributed by atoms with Crippen molar-refractivity contribution in [3.05, 3.63) is 59.4 Å². The monoisotopic (exact) mass is 539 g/mol. The molecule has 0 amide bonds. The van der Waals surface area contributed by atoms with Crippen molar-refractivity contribution < 1.29 is 31.8 Å². The van der Waals surface area contributed by atoms with Crippen LogP contribution in [-0.4, -0.2) is 67.0 Å². The van der Waals surface area contributed by atoms with E-state index in [1.54, 1.807) is 18.2 Å². The van der Waals surface area contributed by atoms with Crippen molar-refractivity contribution in [3.63, 3.8) is 0 Å². The Morgan fingerprint density at radius 2 is 2.03 bits per heavy atom. The standard InChI is InChI=1S/C28H34F5N3O2/c1-38-21-3-4-24-22(14-21)26(19(16-29)17-35-24)23(30)6-7-27(18-37)8-11-36(12-9-27)13-10-34-20-2-5-25(31)28(32,33)15-20/h2-5,14-15,17,23,25,34,37H,6-13,16,18H2,1H3. The molecule has 2 atom stereocenters. The van der Waals surface area contributed by atoms with E-state index in [2.05, 4.69) is 15.2 Å². The quantitative estimate of drug-likeness (QED) is 0.365. The number of likely N-dealkylation sites (tertiary alicyclic amines) is 1. The topological polar surface area (TPSA) is 57.6 Å². The lowest BCUT2D eigenvalue weighted by atomic mass is 9.74. The van der Waals surface area contributed by atoms with Crippen molar-refractivity contribution in [2.75, 3.05) is 39.9 Å². The highest BCUT2D eigenvalue weighted by Gasteiger charge is 2.39. The molecule has 0 radical (unpaired) electrons. The maximum absolute atomic E-state index is 15.7. The highest BCUT2D eigenvalue weighted by molar-refractivity contribution is 5.85. The molecule has 4 rings (SSSR count). The Kier molecular flexibility index (Phi) is 8.92. The van der Waals surface area contributed by atoms with Crippen LogP contribution >= 0.6 is 0 Å². The van der Waals surface area contributed by atoms with Crippen LogP contribution in [0.15, 0.2) is 48.3 Å². The van der Waals surface area contributed by atoms with E-state index in [1.807, 2.05) is 0 Å². The van der Waals surface area contributed by atoms with E-state index in [0.29, 0.717) is 68.2 Å². The average molecular weight is 540 g/mol. The Morgan fingerprint density at radius 1 is 1.26 bits per heavy atom. The van der Waals surface area contributed by atoms with Gasteiger partial charge in [0, 0.05) is 54.2 Å². The molecule has 1 fully saturated rings. The molecule has 208 valence electrons. The number of pyridine rings is 1. The van der Waals surface area contributed by atoms with E-state index >= 15 is 4.39 Å². The number of aliphatic hydroxyl groups is 1. The number of hydrogen-bond acceptors (Lipinski definition) is 5. The Bertz CT molecular complexity index is 1160. The molecule has 38 heavy (non-hydrogen) atoms. The maximum Gasteiger partial charge on any atom is 0.302 e. The fourth-order valence-corrected chi connectivity index (χ4v) is 5.27. The molecule has 2 aromatic rings. The van der Waals surface area contributed by atoms with Crippen molar-refractivity contribution in [2.45, 2.75) is 50.6 Å². The van der Waals surface area contributed by atoms with Crippen LogP contribution in [0.2, 0.25) is 0 Å². The second kappa shape index (κ2) is 12.0. The number of hydrogen-bond donors (Lipinski definition) is 2. The first kappa shape index (κ1) is 28.3. The summed E-state index contributed by atoms with van der Waals surface area (Å²) in [4.78, 5) is 6.40. The molecule has 0 spiro atoms. The van der Waals surface area contributed by atoms with Gasteiger partial charge < -0.3 is 20.1 Å². The first-order valence-corrected chi connectivity index (χ1v) is 12.9. The lowest BCUT2D eigenvalue weighted by molar-refractivity contribution is -0.00872. The normalized spacial score (nSPS) is 21.8. The van der Waals surface area contributed by atoms with Gasteiger partial charge in [0.2, 0.25) is 0 Å². The first-order valence-electron chi connectivity index (χ1n) is 12.9. The van der Waals surface area contributed by atoms with Gasteiger partial charge in [-0.3, -0.25) is 4.98 Å². The molecule has 10 heteroatoms. The van der Waals surface area contributed by atoms with Crippen molar-refractivity contribution in [3.8, 4) is 5.75 Å². The van der Waals surface area contributed by atoms with E-state index in [1.165, 1.54) is 19.4 Å². The predicted octanol–water partition coefficient (Wildman–Crippen LogP) is 5.59. The molecule has 1 saturated heterocycles. The highest BCUT2D eigenvalue weighted by atomic mass is 19.3. The number of allylic oxidation sites excluding steroid dienone is 3. The van der Waals surface area contributed by atoms with E-state index in [0.717, 1.165) is 6.08 Å². The van der Waals surface area contributed by atoms with E-state index in [9.17, 15) is 22.7 Å². The van der Waals surface area contributed by atoms with Gasteiger partial charge in [-0.05, 0) is 74.5 Å². The van der Waals surface area contributed by atoms with Gasteiger partial charge in [0.1, 0.15) is 18.6 Å². The Hall–Kier alpha value is -2.72. The second-order valence-electron chi connectivity index (χ2n) is 10.2. The Morgan fingerprint density at radius 3 is 2.68 bits per heavy atom. The summed E-state index contributed by atoms with van der Waals surface area (Å²) in [6.07, 6.45) is 2.29. The smallest absolute Gasteiger partial charge is 0.302 e. The zero-order valence-corrected chi connectivity index (χ0v) is 21.4. The third kappa shape index (κ3) is 6.29. The minimum Gasteiger partial charge on any atom is -0.497 e. The zero-order chi connectivity index (χ0) is 27.3. The van der Waals surface area contributed by atoms with Gasteiger partial charge >= 0.3 is 5.92 Å². The lowest BCUT2D eigenvalue weighted by Crippen LogP contribution is -2.44. The number of rotatable bonds is 11. The van der Waals surface area contributed by atoms with Crippen LogP contribution in [0.3, 0.4) is 0 Å². The van der Waals surface area contributed by atoms with Gasteiger partial charge in [0.25, 0.3) is 0 Å². The number of benzene rings is 1. The highest BCUT2D eigenvalue weighted by Crippen LogP contribution is 2.41. The summed E-state index contributed by atoms with van der Waals surface area (Å²) < 4.78 is 75.0. The minimum atomic E-state index is -3.52. The van der Waals surface area contributed by atoms with Gasteiger partial charge in [-0.15, -0.1) is 0 Å². The van der Waals surface area contributed by atoms with E-state index < -0.39 is 30.4 Å². The number of alkyl halides is 5. The second-order valence-corrected chi connectivity index (χ2v) is 10.2. The molecule has 0 saturated carbocycles. The molecule has 2 N–H and O–H groups in total. The Balaban J connectivity index is 1.33. The van der Waals surface area contributed by atoms with Crippen LogP contribution in [0, 0.1) is 5.41 Å². The molecule has 2 heterocycles. The summed E-state index contributed by atoms with van der Waals surface area (Å²) in [5, 5.41) is 13.6. The van der Waals surface area contributed by atoms with Gasteiger partial charge in [-0.2, -0.15) is 8.78 Å². The van der Waals surface area contributed by atoms with Crippen LogP contribution in [0.25, 0.3) is 10.9 Å². The van der Waals surface area contributed by atoms with Crippen LogP contribution < -0.4 is 10.1 Å². The molecule has 5 nitrogen and oxygen atoms in total. The maximum atomic E-state index is 15.7. The third-order valence-corrected chi connectivity index (χ3v) is 7.75. The fourth-order valence-electron chi connectivity index (χ4n) is 5.27. The molecule has 2 aliphatic rings. The molecule has 1 aliphatic heterocycles. The summed E-state index contributed by atoms with van der Waals surface area (Å²) in [6.45, 7) is 1.43. The number of piperidine rings is 1. The van der Waals surface area contributed by atoms with E-state index in [-0.39, 0.29) is 29.9 Å². The predicted molar refractivity (Wildman–Crippen MR) is 136 cm³/mol. The third-order valence-electron chi connectivity index (χ3n) is 7.75. The number of aliphatic hydroxyl groups excluding tert-OH is 1. The molecule has 1 aliphatic carbocycles. The van der Waals surface area contributed by atoms with Crippen molar-refractivity contribution in [1.82, 2.24) is 15.2 Å². The van der Waals surface area contributed by atoms with Crippen LogP contribution in [0.1, 0.15) is 43.0 Å².